The van der Waals surface area contributed by atoms with Crippen molar-refractivity contribution in [2.45, 2.75) is 45.1 Å². The van der Waals surface area contributed by atoms with Gasteiger partial charge in [0.05, 0.1) is 0 Å². The smallest absolute Gasteiger partial charge is 0.329 e. The zero-order valence-electron chi connectivity index (χ0n) is 12.4. The van der Waals surface area contributed by atoms with Crippen LogP contribution >= 0.6 is 0 Å². The first kappa shape index (κ1) is 15.4. The number of benzene rings is 1. The summed E-state index contributed by atoms with van der Waals surface area (Å²) in [6, 6.07) is 5.71. The van der Waals surface area contributed by atoms with Crippen LogP contribution in [0.2, 0.25) is 0 Å². The maximum atomic E-state index is 12.0. The molecule has 114 valence electrons. The van der Waals surface area contributed by atoms with Crippen LogP contribution in [-0.2, 0) is 9.59 Å². The van der Waals surface area contributed by atoms with E-state index in [1.807, 2.05) is 32.0 Å². The highest BCUT2D eigenvalue weighted by Crippen LogP contribution is 2.29. The molecule has 1 amide bonds. The average Bonchev–Trinajstić information content (AvgIpc) is 2.87. The van der Waals surface area contributed by atoms with Gasteiger partial charge in [0.15, 0.2) is 6.61 Å². The van der Waals surface area contributed by atoms with Crippen LogP contribution in [0.25, 0.3) is 0 Å². The van der Waals surface area contributed by atoms with Crippen molar-refractivity contribution in [1.82, 2.24) is 5.32 Å². The third-order valence-corrected chi connectivity index (χ3v) is 3.93. The van der Waals surface area contributed by atoms with Gasteiger partial charge in [-0.1, -0.05) is 30.5 Å². The van der Waals surface area contributed by atoms with Crippen molar-refractivity contribution >= 4 is 11.9 Å². The summed E-state index contributed by atoms with van der Waals surface area (Å²) < 4.78 is 5.48. The van der Waals surface area contributed by atoms with Gasteiger partial charge in [-0.2, -0.15) is 0 Å². The molecule has 1 aliphatic rings. The van der Waals surface area contributed by atoms with E-state index in [-0.39, 0.29) is 12.5 Å². The number of nitrogens with one attached hydrogen (secondary N) is 1. The molecule has 5 heteroatoms. The summed E-state index contributed by atoms with van der Waals surface area (Å²) in [5.41, 5.74) is 0.972. The van der Waals surface area contributed by atoms with Crippen molar-refractivity contribution in [2.75, 3.05) is 6.61 Å². The van der Waals surface area contributed by atoms with Crippen LogP contribution in [0.4, 0.5) is 0 Å². The molecule has 1 saturated carbocycles. The third kappa shape index (κ3) is 3.54. The average molecular weight is 291 g/mol. The Balaban J connectivity index is 1.94. The highest BCUT2D eigenvalue weighted by atomic mass is 16.5. The standard InChI is InChI=1S/C16H21NO4/c1-11-5-6-13(12(2)9-11)21-10-14(18)17-16(15(19)20)7-3-4-8-16/h5-6,9H,3-4,7-8,10H2,1-2H3,(H,17,18)(H,19,20). The number of hydrogen-bond acceptors (Lipinski definition) is 3. The van der Waals surface area contributed by atoms with Gasteiger partial charge in [-0.25, -0.2) is 4.79 Å². The number of amides is 1. The molecule has 1 aliphatic carbocycles. The molecule has 5 nitrogen and oxygen atoms in total. The topological polar surface area (TPSA) is 75.6 Å². The Labute approximate surface area is 124 Å². The molecule has 21 heavy (non-hydrogen) atoms. The second kappa shape index (κ2) is 6.16. The molecule has 0 aromatic heterocycles. The monoisotopic (exact) mass is 291 g/mol. The van der Waals surface area contributed by atoms with Gasteiger partial charge in [-0.05, 0) is 38.3 Å². The number of ether oxygens (including phenoxy) is 1. The molecule has 1 aromatic rings. The van der Waals surface area contributed by atoms with E-state index in [1.165, 1.54) is 0 Å². The Morgan fingerprint density at radius 2 is 1.95 bits per heavy atom. The SMILES string of the molecule is Cc1ccc(OCC(=O)NC2(C(=O)O)CCCC2)c(C)c1. The Bertz CT molecular complexity index is 547. The molecule has 1 fully saturated rings. The van der Waals surface area contributed by atoms with Gasteiger partial charge in [0.2, 0.25) is 0 Å². The van der Waals surface area contributed by atoms with E-state index in [2.05, 4.69) is 5.32 Å². The van der Waals surface area contributed by atoms with Gasteiger partial charge >= 0.3 is 5.97 Å². The molecule has 0 spiro atoms. The van der Waals surface area contributed by atoms with Crippen LogP contribution in [0.1, 0.15) is 36.8 Å². The maximum absolute atomic E-state index is 12.0. The molecule has 0 unspecified atom stereocenters. The minimum absolute atomic E-state index is 0.168. The Hall–Kier alpha value is -2.04. The highest BCUT2D eigenvalue weighted by Gasteiger charge is 2.42. The first-order valence-electron chi connectivity index (χ1n) is 7.17. The molecule has 0 atom stereocenters. The zero-order valence-corrected chi connectivity index (χ0v) is 12.4. The lowest BCUT2D eigenvalue weighted by Crippen LogP contribution is -2.53. The third-order valence-electron chi connectivity index (χ3n) is 3.93. The molecule has 0 aliphatic heterocycles. The van der Waals surface area contributed by atoms with Crippen molar-refractivity contribution in [3.05, 3.63) is 29.3 Å². The van der Waals surface area contributed by atoms with Crippen molar-refractivity contribution < 1.29 is 19.4 Å². The second-order valence-electron chi connectivity index (χ2n) is 5.70. The number of carbonyl (C=O) groups is 2. The van der Waals surface area contributed by atoms with Gasteiger partial charge in [0, 0.05) is 0 Å². The molecule has 0 saturated heterocycles. The minimum atomic E-state index is -1.11. The summed E-state index contributed by atoms with van der Waals surface area (Å²) in [5.74, 6) is -0.703. The molecule has 1 aromatic carbocycles. The van der Waals surface area contributed by atoms with E-state index in [4.69, 9.17) is 4.74 Å². The molecule has 2 rings (SSSR count). The Morgan fingerprint density at radius 3 is 2.52 bits per heavy atom. The van der Waals surface area contributed by atoms with Gasteiger partial charge in [0.1, 0.15) is 11.3 Å². The van der Waals surface area contributed by atoms with Crippen molar-refractivity contribution in [3.8, 4) is 5.75 Å². The predicted octanol–water partition coefficient (Wildman–Crippen LogP) is 2.20. The molecular weight excluding hydrogens is 270 g/mol. The van der Waals surface area contributed by atoms with Crippen LogP contribution in [0.15, 0.2) is 18.2 Å². The molecule has 2 N–H and O–H groups in total. The molecule has 0 heterocycles. The fraction of sp³-hybridized carbons (Fsp3) is 0.500. The number of aliphatic carboxylic acids is 1. The van der Waals surface area contributed by atoms with E-state index in [0.29, 0.717) is 18.6 Å². The summed E-state index contributed by atoms with van der Waals surface area (Å²) in [7, 11) is 0. The van der Waals surface area contributed by atoms with Crippen molar-refractivity contribution in [2.24, 2.45) is 0 Å². The van der Waals surface area contributed by atoms with E-state index in [0.717, 1.165) is 24.0 Å². The highest BCUT2D eigenvalue weighted by molar-refractivity contribution is 5.87. The zero-order chi connectivity index (χ0) is 15.5. The maximum Gasteiger partial charge on any atom is 0.329 e. The lowest BCUT2D eigenvalue weighted by molar-refractivity contribution is -0.147. The summed E-state index contributed by atoms with van der Waals surface area (Å²) in [4.78, 5) is 23.3. The van der Waals surface area contributed by atoms with E-state index >= 15 is 0 Å². The number of carboxylic acid groups (broad SMARTS) is 1. The normalized spacial score (nSPS) is 16.5. The van der Waals surface area contributed by atoms with E-state index in [9.17, 15) is 14.7 Å². The Morgan fingerprint density at radius 1 is 1.29 bits per heavy atom. The fourth-order valence-electron chi connectivity index (χ4n) is 2.78. The second-order valence-corrected chi connectivity index (χ2v) is 5.70. The summed E-state index contributed by atoms with van der Waals surface area (Å²) in [5, 5.41) is 11.9. The first-order valence-corrected chi connectivity index (χ1v) is 7.17. The molecular formula is C16H21NO4. The minimum Gasteiger partial charge on any atom is -0.484 e. The van der Waals surface area contributed by atoms with Crippen molar-refractivity contribution in [1.29, 1.82) is 0 Å². The lowest BCUT2D eigenvalue weighted by atomic mass is 9.98. The predicted molar refractivity (Wildman–Crippen MR) is 78.4 cm³/mol. The lowest BCUT2D eigenvalue weighted by Gasteiger charge is -2.25. The number of carboxylic acids is 1. The molecule has 0 radical (unpaired) electrons. The summed E-state index contributed by atoms with van der Waals surface area (Å²) in [6.07, 6.45) is 2.62. The molecule has 0 bridgehead atoms. The number of carbonyl (C=O) groups excluding carboxylic acids is 1. The first-order chi connectivity index (χ1) is 9.93. The number of rotatable bonds is 5. The van der Waals surface area contributed by atoms with E-state index in [1.54, 1.807) is 0 Å². The van der Waals surface area contributed by atoms with Crippen LogP contribution in [0.3, 0.4) is 0 Å². The summed E-state index contributed by atoms with van der Waals surface area (Å²) >= 11 is 0. The fourth-order valence-corrected chi connectivity index (χ4v) is 2.78. The van der Waals surface area contributed by atoms with Crippen LogP contribution < -0.4 is 10.1 Å². The van der Waals surface area contributed by atoms with Crippen LogP contribution in [0, 0.1) is 13.8 Å². The Kier molecular flexibility index (Phi) is 4.50. The number of aryl methyl sites for hydroxylation is 2. The van der Waals surface area contributed by atoms with Gasteiger partial charge < -0.3 is 15.2 Å². The van der Waals surface area contributed by atoms with Crippen LogP contribution in [0.5, 0.6) is 5.75 Å². The van der Waals surface area contributed by atoms with Gasteiger partial charge in [0.25, 0.3) is 5.91 Å². The largest absolute Gasteiger partial charge is 0.484 e. The van der Waals surface area contributed by atoms with Gasteiger partial charge in [-0.3, -0.25) is 4.79 Å². The van der Waals surface area contributed by atoms with Crippen LogP contribution in [-0.4, -0.2) is 29.1 Å². The van der Waals surface area contributed by atoms with Crippen molar-refractivity contribution in [3.63, 3.8) is 0 Å². The van der Waals surface area contributed by atoms with E-state index < -0.39 is 11.5 Å². The van der Waals surface area contributed by atoms with Gasteiger partial charge in [-0.15, -0.1) is 0 Å². The quantitative estimate of drug-likeness (QED) is 0.872. The summed E-state index contributed by atoms with van der Waals surface area (Å²) in [6.45, 7) is 3.73. The number of hydrogen-bond donors (Lipinski definition) is 2.